The van der Waals surface area contributed by atoms with Crippen molar-refractivity contribution >= 4 is 56.1 Å². The van der Waals surface area contributed by atoms with E-state index in [1.165, 1.54) is 0 Å². The highest BCUT2D eigenvalue weighted by atomic mass is 127. The molecule has 0 aromatic heterocycles. The molecule has 0 unspecified atom stereocenters. The number of ether oxygens (including phenoxy) is 1. The van der Waals surface area contributed by atoms with Crippen LogP contribution in [0.1, 0.15) is 0 Å². The highest BCUT2D eigenvalue weighted by molar-refractivity contribution is 14.1. The lowest BCUT2D eigenvalue weighted by atomic mass is 10.3. The molecular formula is C9H11BrIN5O. The van der Waals surface area contributed by atoms with Gasteiger partial charge in [-0.15, -0.1) is 0 Å². The summed E-state index contributed by atoms with van der Waals surface area (Å²) in [5.41, 5.74) is 16.5. The summed E-state index contributed by atoms with van der Waals surface area (Å²) in [7, 11) is 1.56. The first-order chi connectivity index (χ1) is 7.95. The lowest BCUT2D eigenvalue weighted by molar-refractivity contribution is 0.413. The van der Waals surface area contributed by atoms with Crippen molar-refractivity contribution in [2.75, 3.05) is 7.11 Å². The van der Waals surface area contributed by atoms with Gasteiger partial charge >= 0.3 is 0 Å². The van der Waals surface area contributed by atoms with Gasteiger partial charge in [0, 0.05) is 4.47 Å². The minimum absolute atomic E-state index is 0.0361. The molecule has 6 nitrogen and oxygen atoms in total. The Morgan fingerprint density at radius 2 is 2.00 bits per heavy atom. The van der Waals surface area contributed by atoms with E-state index in [9.17, 15) is 0 Å². The van der Waals surface area contributed by atoms with E-state index in [1.54, 1.807) is 7.11 Å². The molecule has 1 rings (SSSR count). The summed E-state index contributed by atoms with van der Waals surface area (Å²) in [5.74, 6) is 0.423. The minimum atomic E-state index is -0.146. The molecule has 6 N–H and O–H groups in total. The van der Waals surface area contributed by atoms with Crippen LogP contribution in [-0.2, 0) is 0 Å². The summed E-state index contributed by atoms with van der Waals surface area (Å²) in [6, 6.07) is 3.73. The van der Waals surface area contributed by atoms with Crippen LogP contribution in [0.5, 0.6) is 5.75 Å². The average Bonchev–Trinajstić information content (AvgIpc) is 2.23. The quantitative estimate of drug-likeness (QED) is 0.386. The second-order valence-electron chi connectivity index (χ2n) is 2.92. The molecule has 0 heterocycles. The van der Waals surface area contributed by atoms with Gasteiger partial charge in [-0.2, -0.15) is 4.99 Å². The van der Waals surface area contributed by atoms with Gasteiger partial charge in [0.1, 0.15) is 5.69 Å². The zero-order valence-corrected chi connectivity index (χ0v) is 12.7. The summed E-state index contributed by atoms with van der Waals surface area (Å²) in [6.45, 7) is 0. The summed E-state index contributed by atoms with van der Waals surface area (Å²) in [4.78, 5) is 7.74. The van der Waals surface area contributed by atoms with E-state index in [2.05, 4.69) is 48.5 Å². The van der Waals surface area contributed by atoms with E-state index >= 15 is 0 Å². The second-order valence-corrected chi connectivity index (χ2v) is 4.93. The first-order valence-electron chi connectivity index (χ1n) is 4.41. The van der Waals surface area contributed by atoms with Gasteiger partial charge in [0.25, 0.3) is 0 Å². The molecule has 0 atom stereocenters. The Morgan fingerprint density at radius 3 is 2.53 bits per heavy atom. The maximum absolute atomic E-state index is 5.57. The number of aliphatic imine (C=N–C) groups is 2. The standard InChI is InChI=1S/C9H11BrIN5O/c1-17-7-5(11)3-2-4(10)6(7)15-9(14)16-8(12)13/h2-3H,1H3,(H6,12,13,14,15,16). The van der Waals surface area contributed by atoms with Crippen molar-refractivity contribution in [1.29, 1.82) is 0 Å². The van der Waals surface area contributed by atoms with Crippen LogP contribution in [0.4, 0.5) is 5.69 Å². The van der Waals surface area contributed by atoms with Gasteiger partial charge < -0.3 is 21.9 Å². The molecule has 0 spiro atoms. The summed E-state index contributed by atoms with van der Waals surface area (Å²) in [6.07, 6.45) is 0. The van der Waals surface area contributed by atoms with E-state index in [0.29, 0.717) is 11.4 Å². The molecule has 0 radical (unpaired) electrons. The third kappa shape index (κ3) is 3.73. The van der Waals surface area contributed by atoms with Crippen molar-refractivity contribution in [2.24, 2.45) is 27.2 Å². The predicted molar refractivity (Wildman–Crippen MR) is 80.5 cm³/mol. The molecule has 0 fully saturated rings. The fourth-order valence-electron chi connectivity index (χ4n) is 1.09. The van der Waals surface area contributed by atoms with Crippen molar-refractivity contribution in [3.63, 3.8) is 0 Å². The van der Waals surface area contributed by atoms with E-state index in [4.69, 9.17) is 21.9 Å². The lowest BCUT2D eigenvalue weighted by Gasteiger charge is -2.08. The fourth-order valence-corrected chi connectivity index (χ4v) is 2.15. The first-order valence-corrected chi connectivity index (χ1v) is 6.28. The number of halogens is 2. The first kappa shape index (κ1) is 14.0. The minimum Gasteiger partial charge on any atom is -0.493 e. The molecule has 0 saturated carbocycles. The highest BCUT2D eigenvalue weighted by Gasteiger charge is 2.11. The van der Waals surface area contributed by atoms with Gasteiger partial charge in [-0.05, 0) is 50.7 Å². The summed E-state index contributed by atoms with van der Waals surface area (Å²) < 4.78 is 6.90. The number of benzene rings is 1. The Hall–Kier alpha value is -1.03. The maximum Gasteiger partial charge on any atom is 0.223 e. The smallest absolute Gasteiger partial charge is 0.223 e. The van der Waals surface area contributed by atoms with Crippen molar-refractivity contribution in [3.05, 3.63) is 20.2 Å². The number of guanidine groups is 2. The summed E-state index contributed by atoms with van der Waals surface area (Å²) in [5, 5.41) is 0. The fraction of sp³-hybridized carbons (Fsp3) is 0.111. The molecule has 1 aromatic rings. The van der Waals surface area contributed by atoms with Crippen molar-refractivity contribution in [1.82, 2.24) is 0 Å². The van der Waals surface area contributed by atoms with E-state index in [1.807, 2.05) is 12.1 Å². The van der Waals surface area contributed by atoms with Crippen LogP contribution in [0.3, 0.4) is 0 Å². The van der Waals surface area contributed by atoms with Crippen LogP contribution in [-0.4, -0.2) is 19.0 Å². The Balaban J connectivity index is 3.31. The normalized spacial score (nSPS) is 11.1. The Bertz CT molecular complexity index is 485. The van der Waals surface area contributed by atoms with Gasteiger partial charge in [0.15, 0.2) is 11.7 Å². The van der Waals surface area contributed by atoms with Gasteiger partial charge in [-0.1, -0.05) is 0 Å². The number of nitrogens with two attached hydrogens (primary N) is 3. The van der Waals surface area contributed by atoms with Gasteiger partial charge in [0.2, 0.25) is 5.96 Å². The largest absolute Gasteiger partial charge is 0.493 e. The van der Waals surface area contributed by atoms with E-state index < -0.39 is 0 Å². The number of nitrogens with zero attached hydrogens (tertiary/aromatic N) is 2. The van der Waals surface area contributed by atoms with E-state index in [0.717, 1.165) is 8.04 Å². The van der Waals surface area contributed by atoms with Crippen molar-refractivity contribution in [2.45, 2.75) is 0 Å². The molecule has 0 aliphatic rings. The third-order valence-corrected chi connectivity index (χ3v) is 3.20. The number of methoxy groups -OCH3 is 1. The van der Waals surface area contributed by atoms with Crippen LogP contribution in [0.2, 0.25) is 0 Å². The van der Waals surface area contributed by atoms with Crippen molar-refractivity contribution in [3.8, 4) is 5.75 Å². The molecule has 8 heteroatoms. The Labute approximate surface area is 121 Å². The molecule has 92 valence electrons. The SMILES string of the molecule is COc1c(I)ccc(Br)c1N=C(N)N=C(N)N. The molecule has 0 bridgehead atoms. The van der Waals surface area contributed by atoms with Crippen LogP contribution in [0.15, 0.2) is 26.6 Å². The van der Waals surface area contributed by atoms with Crippen LogP contribution >= 0.6 is 38.5 Å². The molecular weight excluding hydrogens is 401 g/mol. The van der Waals surface area contributed by atoms with Crippen LogP contribution in [0.25, 0.3) is 0 Å². The molecule has 0 amide bonds. The predicted octanol–water partition coefficient (Wildman–Crippen LogP) is 1.28. The number of rotatable bonds is 2. The zero-order valence-electron chi connectivity index (χ0n) is 8.95. The molecule has 0 saturated heterocycles. The average molecular weight is 412 g/mol. The van der Waals surface area contributed by atoms with Crippen molar-refractivity contribution < 1.29 is 4.74 Å². The maximum atomic E-state index is 5.57. The van der Waals surface area contributed by atoms with Gasteiger partial charge in [-0.25, -0.2) is 4.99 Å². The Kier molecular flexibility index (Phi) is 5.00. The second kappa shape index (κ2) is 6.05. The number of hydrogen-bond acceptors (Lipinski definition) is 2. The molecule has 0 aliphatic heterocycles. The Morgan fingerprint density at radius 1 is 1.35 bits per heavy atom. The molecule has 17 heavy (non-hydrogen) atoms. The third-order valence-electron chi connectivity index (χ3n) is 1.71. The zero-order chi connectivity index (χ0) is 13.0. The molecule has 0 aliphatic carbocycles. The van der Waals surface area contributed by atoms with E-state index in [-0.39, 0.29) is 11.9 Å². The molecule has 1 aromatic carbocycles. The van der Waals surface area contributed by atoms with Crippen LogP contribution < -0.4 is 21.9 Å². The van der Waals surface area contributed by atoms with Gasteiger partial charge in [-0.3, -0.25) is 0 Å². The topological polar surface area (TPSA) is 112 Å². The number of hydrogen-bond donors (Lipinski definition) is 3. The summed E-state index contributed by atoms with van der Waals surface area (Å²) >= 11 is 5.49. The van der Waals surface area contributed by atoms with Crippen LogP contribution in [0, 0.1) is 3.57 Å². The lowest BCUT2D eigenvalue weighted by Crippen LogP contribution is -2.26. The highest BCUT2D eigenvalue weighted by Crippen LogP contribution is 2.38. The monoisotopic (exact) mass is 411 g/mol. The van der Waals surface area contributed by atoms with Gasteiger partial charge in [0.05, 0.1) is 10.7 Å².